The first-order chi connectivity index (χ1) is 10.1. The van der Waals surface area contributed by atoms with Gasteiger partial charge in [-0.3, -0.25) is 9.69 Å². The molecule has 0 aromatic rings. The van der Waals surface area contributed by atoms with Gasteiger partial charge in [-0.05, 0) is 49.9 Å². The number of hydrogen-bond donors (Lipinski definition) is 0. The van der Waals surface area contributed by atoms with Crippen LogP contribution in [0.5, 0.6) is 0 Å². The summed E-state index contributed by atoms with van der Waals surface area (Å²) in [6.45, 7) is 6.94. The molecule has 2 heterocycles. The van der Waals surface area contributed by atoms with Crippen molar-refractivity contribution >= 4 is 5.91 Å². The van der Waals surface area contributed by atoms with Crippen LogP contribution in [0.2, 0.25) is 0 Å². The molecule has 3 aliphatic rings. The summed E-state index contributed by atoms with van der Waals surface area (Å²) >= 11 is 0. The highest BCUT2D eigenvalue weighted by Crippen LogP contribution is 2.52. The van der Waals surface area contributed by atoms with Crippen LogP contribution in [0.1, 0.15) is 45.4 Å². The highest BCUT2D eigenvalue weighted by atomic mass is 16.5. The Hall–Kier alpha value is -0.610. The van der Waals surface area contributed by atoms with Crippen LogP contribution in [0.25, 0.3) is 0 Å². The second-order valence-electron chi connectivity index (χ2n) is 7.61. The minimum absolute atomic E-state index is 0.341. The number of carbonyl (C=O) groups is 1. The lowest BCUT2D eigenvalue weighted by atomic mass is 9.58. The Balaban J connectivity index is 1.40. The van der Waals surface area contributed by atoms with Gasteiger partial charge in [-0.2, -0.15) is 0 Å². The van der Waals surface area contributed by atoms with Crippen LogP contribution in [-0.2, 0) is 9.53 Å². The second-order valence-corrected chi connectivity index (χ2v) is 7.61. The van der Waals surface area contributed by atoms with E-state index in [0.717, 1.165) is 44.9 Å². The smallest absolute Gasteiger partial charge is 0.236 e. The van der Waals surface area contributed by atoms with E-state index in [1.165, 1.54) is 25.7 Å². The monoisotopic (exact) mass is 294 g/mol. The summed E-state index contributed by atoms with van der Waals surface area (Å²) < 4.78 is 5.39. The van der Waals surface area contributed by atoms with Gasteiger partial charge in [0.15, 0.2) is 0 Å². The molecule has 0 radical (unpaired) electrons. The number of hydrogen-bond acceptors (Lipinski definition) is 3. The predicted molar refractivity (Wildman–Crippen MR) is 83.1 cm³/mol. The van der Waals surface area contributed by atoms with Crippen molar-refractivity contribution in [3.63, 3.8) is 0 Å². The minimum Gasteiger partial charge on any atom is -0.381 e. The maximum atomic E-state index is 12.5. The molecule has 4 nitrogen and oxygen atoms in total. The molecule has 2 saturated heterocycles. The summed E-state index contributed by atoms with van der Waals surface area (Å²) in [5, 5.41) is 0. The van der Waals surface area contributed by atoms with Crippen molar-refractivity contribution < 1.29 is 9.53 Å². The van der Waals surface area contributed by atoms with E-state index in [1.807, 2.05) is 0 Å². The molecule has 21 heavy (non-hydrogen) atoms. The van der Waals surface area contributed by atoms with E-state index in [9.17, 15) is 4.79 Å². The highest BCUT2D eigenvalue weighted by Gasteiger charge is 2.44. The van der Waals surface area contributed by atoms with Crippen LogP contribution >= 0.6 is 0 Å². The number of rotatable bonds is 3. The van der Waals surface area contributed by atoms with Crippen LogP contribution in [0, 0.1) is 11.3 Å². The van der Waals surface area contributed by atoms with Gasteiger partial charge in [0.25, 0.3) is 0 Å². The van der Waals surface area contributed by atoms with E-state index < -0.39 is 0 Å². The van der Waals surface area contributed by atoms with E-state index in [-0.39, 0.29) is 0 Å². The number of likely N-dealkylation sites (tertiary alicyclic amines) is 2. The Morgan fingerprint density at radius 2 is 1.76 bits per heavy atom. The highest BCUT2D eigenvalue weighted by molar-refractivity contribution is 5.78. The summed E-state index contributed by atoms with van der Waals surface area (Å²) in [5.41, 5.74) is 0.604. The molecule has 3 rings (SSSR count). The van der Waals surface area contributed by atoms with E-state index in [1.54, 1.807) is 7.11 Å². The minimum atomic E-state index is 0.341. The Morgan fingerprint density at radius 1 is 1.14 bits per heavy atom. The molecule has 0 aromatic carbocycles. The third-order valence-corrected chi connectivity index (χ3v) is 5.97. The van der Waals surface area contributed by atoms with E-state index in [2.05, 4.69) is 16.7 Å². The van der Waals surface area contributed by atoms with Gasteiger partial charge in [0.2, 0.25) is 5.91 Å². The van der Waals surface area contributed by atoms with Gasteiger partial charge in [-0.15, -0.1) is 0 Å². The second kappa shape index (κ2) is 6.25. The third-order valence-electron chi connectivity index (χ3n) is 5.97. The first-order valence-corrected chi connectivity index (χ1v) is 8.63. The summed E-state index contributed by atoms with van der Waals surface area (Å²) in [5.74, 6) is 1.25. The molecule has 120 valence electrons. The van der Waals surface area contributed by atoms with Crippen molar-refractivity contribution in [2.75, 3.05) is 39.8 Å². The number of methoxy groups -OCH3 is 1. The van der Waals surface area contributed by atoms with E-state index in [4.69, 9.17) is 4.74 Å². The quantitative estimate of drug-likeness (QED) is 0.799. The van der Waals surface area contributed by atoms with Gasteiger partial charge in [0, 0.05) is 33.3 Å². The predicted octanol–water partition coefficient (Wildman–Crippen LogP) is 2.14. The SMILES string of the molecule is COC1CCN(CC(=O)N2CCC3(CC2)CC(C)C3)CC1. The number of ether oxygens (including phenoxy) is 1. The molecule has 0 N–H and O–H groups in total. The van der Waals surface area contributed by atoms with Crippen LogP contribution in [0.3, 0.4) is 0 Å². The largest absolute Gasteiger partial charge is 0.381 e. The molecular weight excluding hydrogens is 264 g/mol. The van der Waals surface area contributed by atoms with Gasteiger partial charge < -0.3 is 9.64 Å². The normalized spacial score (nSPS) is 27.8. The molecule has 4 heteroatoms. The van der Waals surface area contributed by atoms with Crippen molar-refractivity contribution in [1.29, 1.82) is 0 Å². The van der Waals surface area contributed by atoms with Crippen LogP contribution in [0.4, 0.5) is 0 Å². The molecule has 1 spiro atoms. The van der Waals surface area contributed by atoms with E-state index in [0.29, 0.717) is 24.0 Å². The van der Waals surface area contributed by atoms with Crippen LogP contribution in [0.15, 0.2) is 0 Å². The lowest BCUT2D eigenvalue weighted by molar-refractivity contribution is -0.137. The Bertz CT molecular complexity index is 361. The zero-order valence-corrected chi connectivity index (χ0v) is 13.6. The van der Waals surface area contributed by atoms with Gasteiger partial charge in [0.05, 0.1) is 12.6 Å². The first-order valence-electron chi connectivity index (χ1n) is 8.63. The lowest BCUT2D eigenvalue weighted by Gasteiger charge is -2.51. The van der Waals surface area contributed by atoms with Gasteiger partial charge in [-0.1, -0.05) is 6.92 Å². The Morgan fingerprint density at radius 3 is 2.29 bits per heavy atom. The van der Waals surface area contributed by atoms with Crippen molar-refractivity contribution in [2.45, 2.75) is 51.6 Å². The zero-order chi connectivity index (χ0) is 14.9. The summed E-state index contributed by atoms with van der Waals surface area (Å²) in [6, 6.07) is 0. The molecule has 3 fully saturated rings. The summed E-state index contributed by atoms with van der Waals surface area (Å²) in [7, 11) is 1.79. The topological polar surface area (TPSA) is 32.8 Å². The standard InChI is InChI=1S/C17H30N2O2/c1-14-11-17(12-14)5-9-19(10-6-17)16(20)13-18-7-3-15(21-2)4-8-18/h14-15H,3-13H2,1-2H3. The fraction of sp³-hybridized carbons (Fsp3) is 0.941. The van der Waals surface area contributed by atoms with Gasteiger partial charge >= 0.3 is 0 Å². The number of piperidine rings is 2. The fourth-order valence-corrected chi connectivity index (χ4v) is 4.65. The van der Waals surface area contributed by atoms with Gasteiger partial charge in [0.1, 0.15) is 0 Å². The number of nitrogens with zero attached hydrogens (tertiary/aromatic N) is 2. The summed E-state index contributed by atoms with van der Waals surface area (Å²) in [6.07, 6.45) is 7.75. The van der Waals surface area contributed by atoms with Crippen LogP contribution < -0.4 is 0 Å². The van der Waals surface area contributed by atoms with E-state index >= 15 is 0 Å². The summed E-state index contributed by atoms with van der Waals surface area (Å²) in [4.78, 5) is 16.9. The fourth-order valence-electron chi connectivity index (χ4n) is 4.65. The molecule has 0 aromatic heterocycles. The van der Waals surface area contributed by atoms with Crippen molar-refractivity contribution in [3.05, 3.63) is 0 Å². The maximum Gasteiger partial charge on any atom is 0.236 e. The lowest BCUT2D eigenvalue weighted by Crippen LogP contribution is -2.51. The Labute approximate surface area is 128 Å². The molecule has 0 unspecified atom stereocenters. The molecule has 0 atom stereocenters. The number of carbonyl (C=O) groups excluding carboxylic acids is 1. The molecule has 2 aliphatic heterocycles. The Kier molecular flexibility index (Phi) is 4.55. The number of amides is 1. The third kappa shape index (κ3) is 3.42. The average molecular weight is 294 g/mol. The zero-order valence-electron chi connectivity index (χ0n) is 13.6. The van der Waals surface area contributed by atoms with Crippen LogP contribution in [-0.4, -0.2) is 61.6 Å². The van der Waals surface area contributed by atoms with Crippen molar-refractivity contribution in [3.8, 4) is 0 Å². The average Bonchev–Trinajstić information content (AvgIpc) is 2.47. The molecule has 1 amide bonds. The van der Waals surface area contributed by atoms with Crippen molar-refractivity contribution in [1.82, 2.24) is 9.80 Å². The molecule has 1 aliphatic carbocycles. The molecular formula is C17H30N2O2. The first kappa shape index (κ1) is 15.3. The maximum absolute atomic E-state index is 12.5. The van der Waals surface area contributed by atoms with Gasteiger partial charge in [-0.25, -0.2) is 0 Å². The van der Waals surface area contributed by atoms with Crippen molar-refractivity contribution in [2.24, 2.45) is 11.3 Å². The molecule has 0 bridgehead atoms. The molecule has 1 saturated carbocycles.